The van der Waals surface area contributed by atoms with Crippen molar-refractivity contribution < 1.29 is 14.3 Å². The number of carbonyl (C=O) groups is 1. The molecule has 0 aromatic heterocycles. The van der Waals surface area contributed by atoms with Crippen LogP contribution in [0.15, 0.2) is 42.5 Å². The maximum absolute atomic E-state index is 12.1. The SMILES string of the molecule is CCCC(=O)OCc1c(-c2ccccc2OC)ccc2c1C(C)=CC(C)(C)N2. The van der Waals surface area contributed by atoms with Crippen LogP contribution in [0.3, 0.4) is 0 Å². The van der Waals surface area contributed by atoms with Crippen LogP contribution in [-0.4, -0.2) is 18.6 Å². The first-order valence-corrected chi connectivity index (χ1v) is 9.79. The number of anilines is 1. The Morgan fingerprint density at radius 2 is 1.86 bits per heavy atom. The van der Waals surface area contributed by atoms with E-state index in [0.717, 1.165) is 40.1 Å². The van der Waals surface area contributed by atoms with Crippen LogP contribution < -0.4 is 10.1 Å². The third kappa shape index (κ3) is 4.06. The van der Waals surface area contributed by atoms with Crippen molar-refractivity contribution in [3.63, 3.8) is 0 Å². The average Bonchev–Trinajstić information content (AvgIpc) is 2.65. The standard InChI is InChI=1S/C24H29NO3/c1-6-9-22(26)28-15-19-17(18-10-7-8-11-21(18)27-5)12-13-20-23(19)16(2)14-24(3,4)25-20/h7-8,10-14,25H,6,9,15H2,1-5H3. The van der Waals surface area contributed by atoms with Gasteiger partial charge in [0, 0.05) is 28.8 Å². The summed E-state index contributed by atoms with van der Waals surface area (Å²) in [5.74, 6) is 0.631. The number of rotatable bonds is 6. The molecule has 4 heteroatoms. The Morgan fingerprint density at radius 3 is 2.57 bits per heavy atom. The van der Waals surface area contributed by atoms with Crippen molar-refractivity contribution in [1.29, 1.82) is 0 Å². The normalized spacial score (nSPS) is 14.5. The van der Waals surface area contributed by atoms with E-state index in [9.17, 15) is 4.79 Å². The van der Waals surface area contributed by atoms with E-state index in [2.05, 4.69) is 44.3 Å². The first-order valence-electron chi connectivity index (χ1n) is 9.79. The van der Waals surface area contributed by atoms with Gasteiger partial charge in [-0.15, -0.1) is 0 Å². The zero-order chi connectivity index (χ0) is 20.3. The van der Waals surface area contributed by atoms with Crippen LogP contribution in [0.4, 0.5) is 5.69 Å². The van der Waals surface area contributed by atoms with Crippen molar-refractivity contribution in [2.45, 2.75) is 52.7 Å². The van der Waals surface area contributed by atoms with Crippen molar-refractivity contribution in [1.82, 2.24) is 0 Å². The third-order valence-corrected chi connectivity index (χ3v) is 4.97. The van der Waals surface area contributed by atoms with Crippen molar-refractivity contribution in [2.24, 2.45) is 0 Å². The van der Waals surface area contributed by atoms with Crippen LogP contribution in [0.25, 0.3) is 16.7 Å². The lowest BCUT2D eigenvalue weighted by Crippen LogP contribution is -2.32. The predicted molar refractivity (Wildman–Crippen MR) is 114 cm³/mol. The number of nitrogens with one attached hydrogen (secondary N) is 1. The van der Waals surface area contributed by atoms with Gasteiger partial charge in [-0.05, 0) is 50.5 Å². The van der Waals surface area contributed by atoms with E-state index >= 15 is 0 Å². The molecule has 28 heavy (non-hydrogen) atoms. The van der Waals surface area contributed by atoms with E-state index < -0.39 is 0 Å². The quantitative estimate of drug-likeness (QED) is 0.643. The van der Waals surface area contributed by atoms with Gasteiger partial charge in [-0.3, -0.25) is 4.79 Å². The Balaban J connectivity index is 2.15. The van der Waals surface area contributed by atoms with Gasteiger partial charge in [0.05, 0.1) is 12.6 Å². The van der Waals surface area contributed by atoms with Crippen LogP contribution in [0.1, 0.15) is 51.7 Å². The molecule has 2 aromatic rings. The minimum Gasteiger partial charge on any atom is -0.496 e. The van der Waals surface area contributed by atoms with Gasteiger partial charge in [-0.2, -0.15) is 0 Å². The zero-order valence-electron chi connectivity index (χ0n) is 17.4. The summed E-state index contributed by atoms with van der Waals surface area (Å²) >= 11 is 0. The summed E-state index contributed by atoms with van der Waals surface area (Å²) < 4.78 is 11.2. The number of fused-ring (bicyclic) bond motifs is 1. The molecule has 1 aliphatic heterocycles. The summed E-state index contributed by atoms with van der Waals surface area (Å²) in [6, 6.07) is 12.1. The summed E-state index contributed by atoms with van der Waals surface area (Å²) in [4.78, 5) is 12.1. The van der Waals surface area contributed by atoms with E-state index in [1.54, 1.807) is 7.11 Å². The number of benzene rings is 2. The summed E-state index contributed by atoms with van der Waals surface area (Å²) in [6.45, 7) is 8.63. The van der Waals surface area contributed by atoms with E-state index in [-0.39, 0.29) is 18.1 Å². The van der Waals surface area contributed by atoms with Crippen LogP contribution in [0, 0.1) is 0 Å². The summed E-state index contributed by atoms with van der Waals surface area (Å²) in [5, 5.41) is 3.58. The molecular weight excluding hydrogens is 350 g/mol. The lowest BCUT2D eigenvalue weighted by Gasteiger charge is -2.33. The molecule has 1 heterocycles. The summed E-state index contributed by atoms with van der Waals surface area (Å²) in [7, 11) is 1.67. The number of hydrogen-bond donors (Lipinski definition) is 1. The van der Waals surface area contributed by atoms with Crippen molar-refractivity contribution in [3.8, 4) is 16.9 Å². The van der Waals surface area contributed by atoms with Crippen molar-refractivity contribution >= 4 is 17.2 Å². The van der Waals surface area contributed by atoms with Crippen LogP contribution in [-0.2, 0) is 16.1 Å². The summed E-state index contributed by atoms with van der Waals surface area (Å²) in [6.07, 6.45) is 3.43. The van der Waals surface area contributed by atoms with Crippen LogP contribution in [0.5, 0.6) is 5.75 Å². The highest BCUT2D eigenvalue weighted by molar-refractivity contribution is 5.88. The number of hydrogen-bond acceptors (Lipinski definition) is 4. The van der Waals surface area contributed by atoms with E-state index in [4.69, 9.17) is 9.47 Å². The number of ether oxygens (including phenoxy) is 2. The second-order valence-corrected chi connectivity index (χ2v) is 7.80. The zero-order valence-corrected chi connectivity index (χ0v) is 17.4. The third-order valence-electron chi connectivity index (χ3n) is 4.97. The molecule has 0 fully saturated rings. The van der Waals surface area contributed by atoms with E-state index in [0.29, 0.717) is 6.42 Å². The lowest BCUT2D eigenvalue weighted by atomic mass is 9.85. The molecule has 1 aliphatic rings. The molecule has 0 saturated heterocycles. The molecule has 148 valence electrons. The van der Waals surface area contributed by atoms with Gasteiger partial charge in [-0.25, -0.2) is 0 Å². The molecule has 2 aromatic carbocycles. The van der Waals surface area contributed by atoms with Crippen molar-refractivity contribution in [2.75, 3.05) is 12.4 Å². The molecular formula is C24H29NO3. The Morgan fingerprint density at radius 1 is 1.11 bits per heavy atom. The predicted octanol–water partition coefficient (Wildman–Crippen LogP) is 5.81. The highest BCUT2D eigenvalue weighted by Gasteiger charge is 2.27. The van der Waals surface area contributed by atoms with Gasteiger partial charge < -0.3 is 14.8 Å². The minimum atomic E-state index is -0.170. The Labute approximate surface area is 167 Å². The van der Waals surface area contributed by atoms with Crippen LogP contribution >= 0.6 is 0 Å². The van der Waals surface area contributed by atoms with E-state index in [1.165, 1.54) is 5.57 Å². The van der Waals surface area contributed by atoms with Gasteiger partial charge in [0.2, 0.25) is 0 Å². The molecule has 0 aliphatic carbocycles. The Hall–Kier alpha value is -2.75. The van der Waals surface area contributed by atoms with Gasteiger partial charge in [-0.1, -0.05) is 37.3 Å². The highest BCUT2D eigenvalue weighted by atomic mass is 16.5. The molecule has 0 atom stereocenters. The summed E-state index contributed by atoms with van der Waals surface area (Å²) in [5.41, 5.74) is 6.23. The second kappa shape index (κ2) is 8.09. The molecule has 4 nitrogen and oxygen atoms in total. The lowest BCUT2D eigenvalue weighted by molar-refractivity contribution is -0.144. The fourth-order valence-corrected chi connectivity index (χ4v) is 3.90. The molecule has 0 radical (unpaired) electrons. The van der Waals surface area contributed by atoms with Crippen LogP contribution in [0.2, 0.25) is 0 Å². The molecule has 3 rings (SSSR count). The number of carbonyl (C=O) groups excluding carboxylic acids is 1. The average molecular weight is 380 g/mol. The number of allylic oxidation sites excluding steroid dienone is 1. The van der Waals surface area contributed by atoms with Gasteiger partial charge >= 0.3 is 5.97 Å². The largest absolute Gasteiger partial charge is 0.496 e. The monoisotopic (exact) mass is 379 g/mol. The van der Waals surface area contributed by atoms with Gasteiger partial charge in [0.1, 0.15) is 12.4 Å². The molecule has 0 unspecified atom stereocenters. The highest BCUT2D eigenvalue weighted by Crippen LogP contribution is 2.42. The van der Waals surface area contributed by atoms with E-state index in [1.807, 2.05) is 31.2 Å². The van der Waals surface area contributed by atoms with Gasteiger partial charge in [0.15, 0.2) is 0 Å². The maximum Gasteiger partial charge on any atom is 0.306 e. The molecule has 0 saturated carbocycles. The molecule has 0 spiro atoms. The second-order valence-electron chi connectivity index (χ2n) is 7.80. The number of esters is 1. The molecule has 0 bridgehead atoms. The fraction of sp³-hybridized carbons (Fsp3) is 0.375. The molecule has 1 N–H and O–H groups in total. The number of para-hydroxylation sites is 1. The Kier molecular flexibility index (Phi) is 5.78. The maximum atomic E-state index is 12.1. The van der Waals surface area contributed by atoms with Gasteiger partial charge in [0.25, 0.3) is 0 Å². The first kappa shape index (κ1) is 20.0. The smallest absolute Gasteiger partial charge is 0.306 e. The first-order chi connectivity index (χ1) is 13.4. The van der Waals surface area contributed by atoms with Crippen molar-refractivity contribution in [3.05, 3.63) is 53.6 Å². The Bertz CT molecular complexity index is 912. The minimum absolute atomic E-state index is 0.126. The molecule has 0 amide bonds. The number of methoxy groups -OCH3 is 1. The fourth-order valence-electron chi connectivity index (χ4n) is 3.90. The topological polar surface area (TPSA) is 47.6 Å².